The summed E-state index contributed by atoms with van der Waals surface area (Å²) in [6, 6.07) is 5.57. The number of methoxy groups -OCH3 is 1. The Hall–Kier alpha value is -1.05. The van der Waals surface area contributed by atoms with Crippen molar-refractivity contribution in [2.45, 2.75) is 19.0 Å². The predicted molar refractivity (Wildman–Crippen MR) is 45.2 cm³/mol. The third-order valence-corrected chi connectivity index (χ3v) is 2.37. The summed E-state index contributed by atoms with van der Waals surface area (Å²) in [6.45, 7) is 0. The fraction of sp³-hybridized carbons (Fsp3) is 0.400. The quantitative estimate of drug-likeness (QED) is 0.623. The van der Waals surface area contributed by atoms with E-state index in [1.807, 2.05) is 18.2 Å². The van der Waals surface area contributed by atoms with Gasteiger partial charge < -0.3 is 4.74 Å². The molecule has 0 N–H and O–H groups in total. The second-order valence-corrected chi connectivity index (χ2v) is 3.03. The van der Waals surface area contributed by atoms with Gasteiger partial charge >= 0.3 is 0 Å². The van der Waals surface area contributed by atoms with Crippen LogP contribution in [0, 0.1) is 0 Å². The van der Waals surface area contributed by atoms with E-state index in [0.29, 0.717) is 6.42 Å². The van der Waals surface area contributed by atoms with Crippen molar-refractivity contribution in [2.75, 3.05) is 7.11 Å². The molecule has 2 heteroatoms. The molecule has 0 saturated heterocycles. The number of ether oxygens (including phenoxy) is 1. The first-order valence-corrected chi connectivity index (χ1v) is 4.13. The number of benzene rings is 1. The first-order valence-electron chi connectivity index (χ1n) is 4.13. The van der Waals surface area contributed by atoms with Crippen LogP contribution in [0.2, 0.25) is 0 Å². The third-order valence-electron chi connectivity index (χ3n) is 2.37. The molecule has 0 aromatic heterocycles. The maximum Gasteiger partial charge on any atom is 0.126 e. The van der Waals surface area contributed by atoms with Gasteiger partial charge in [0.15, 0.2) is 0 Å². The number of halogens is 1. The zero-order valence-corrected chi connectivity index (χ0v) is 7.01. The highest BCUT2D eigenvalue weighted by molar-refractivity contribution is 5.44. The van der Waals surface area contributed by atoms with Crippen LogP contribution in [0.15, 0.2) is 18.2 Å². The van der Waals surface area contributed by atoms with Gasteiger partial charge in [0, 0.05) is 5.56 Å². The van der Waals surface area contributed by atoms with Crippen LogP contribution in [-0.2, 0) is 6.42 Å². The zero-order valence-electron chi connectivity index (χ0n) is 7.01. The monoisotopic (exact) mass is 166 g/mol. The summed E-state index contributed by atoms with van der Waals surface area (Å²) in [7, 11) is 1.63. The number of alkyl halides is 1. The molecule has 0 aliphatic heterocycles. The highest BCUT2D eigenvalue weighted by Gasteiger charge is 2.24. The second-order valence-electron chi connectivity index (χ2n) is 3.03. The zero-order chi connectivity index (χ0) is 8.55. The van der Waals surface area contributed by atoms with Gasteiger partial charge in [-0.2, -0.15) is 0 Å². The lowest BCUT2D eigenvalue weighted by Gasteiger charge is -2.06. The Labute approximate surface area is 71.2 Å². The Bertz CT molecular complexity index is 296. The van der Waals surface area contributed by atoms with Crippen LogP contribution in [0.5, 0.6) is 5.75 Å². The van der Waals surface area contributed by atoms with E-state index in [-0.39, 0.29) is 0 Å². The maximum absolute atomic E-state index is 13.2. The van der Waals surface area contributed by atoms with Crippen LogP contribution in [-0.4, -0.2) is 7.11 Å². The third kappa shape index (κ3) is 0.986. The van der Waals surface area contributed by atoms with Gasteiger partial charge in [0.25, 0.3) is 0 Å². The summed E-state index contributed by atoms with van der Waals surface area (Å²) in [5, 5.41) is 0. The van der Waals surface area contributed by atoms with Gasteiger partial charge in [-0.05, 0) is 24.5 Å². The van der Waals surface area contributed by atoms with Gasteiger partial charge in [-0.1, -0.05) is 12.1 Å². The van der Waals surface area contributed by atoms with E-state index in [0.717, 1.165) is 23.3 Å². The molecule has 0 bridgehead atoms. The van der Waals surface area contributed by atoms with Crippen molar-refractivity contribution in [1.29, 1.82) is 0 Å². The highest BCUT2D eigenvalue weighted by atomic mass is 19.1. The largest absolute Gasteiger partial charge is 0.496 e. The molecule has 12 heavy (non-hydrogen) atoms. The minimum Gasteiger partial charge on any atom is -0.496 e. The van der Waals surface area contributed by atoms with Crippen LogP contribution in [0.3, 0.4) is 0 Å². The van der Waals surface area contributed by atoms with Crippen molar-refractivity contribution in [2.24, 2.45) is 0 Å². The molecule has 1 aliphatic rings. The molecule has 0 fully saturated rings. The molecule has 64 valence electrons. The molecule has 1 atom stereocenters. The summed E-state index contributed by atoms with van der Waals surface area (Å²) >= 11 is 0. The van der Waals surface area contributed by atoms with Gasteiger partial charge in [0.2, 0.25) is 0 Å². The smallest absolute Gasteiger partial charge is 0.126 e. The van der Waals surface area contributed by atoms with Gasteiger partial charge in [-0.15, -0.1) is 0 Å². The van der Waals surface area contributed by atoms with Crippen LogP contribution in [0.25, 0.3) is 0 Å². The molecule has 0 radical (unpaired) electrons. The fourth-order valence-corrected chi connectivity index (χ4v) is 1.76. The standard InChI is InChI=1S/C10H11FO/c1-12-10-4-2-3-7-8(10)5-6-9(7)11/h2-4,9H,5-6H2,1H3. The molecule has 1 nitrogen and oxygen atoms in total. The van der Waals surface area contributed by atoms with Crippen molar-refractivity contribution in [1.82, 2.24) is 0 Å². The Morgan fingerprint density at radius 1 is 1.50 bits per heavy atom. The highest BCUT2D eigenvalue weighted by Crippen LogP contribution is 2.38. The normalized spacial score (nSPS) is 20.7. The minimum absolute atomic E-state index is 0.607. The molecule has 0 heterocycles. The van der Waals surface area contributed by atoms with Crippen molar-refractivity contribution in [3.05, 3.63) is 29.3 Å². The van der Waals surface area contributed by atoms with E-state index in [2.05, 4.69) is 0 Å². The molecular formula is C10H11FO. The van der Waals surface area contributed by atoms with Crippen molar-refractivity contribution >= 4 is 0 Å². The Balaban J connectivity index is 2.50. The van der Waals surface area contributed by atoms with Crippen LogP contribution in [0.4, 0.5) is 4.39 Å². The minimum atomic E-state index is -0.782. The topological polar surface area (TPSA) is 9.23 Å². The van der Waals surface area contributed by atoms with E-state index in [9.17, 15) is 4.39 Å². The molecule has 0 spiro atoms. The summed E-state index contributed by atoms with van der Waals surface area (Å²) in [6.07, 6.45) is 0.631. The molecule has 1 aromatic carbocycles. The van der Waals surface area contributed by atoms with Crippen LogP contribution in [0.1, 0.15) is 23.7 Å². The fourth-order valence-electron chi connectivity index (χ4n) is 1.76. The first kappa shape index (κ1) is 7.59. The number of hydrogen-bond acceptors (Lipinski definition) is 1. The average molecular weight is 166 g/mol. The number of rotatable bonds is 1. The van der Waals surface area contributed by atoms with Gasteiger partial charge in [0.1, 0.15) is 11.9 Å². The molecule has 2 rings (SSSR count). The average Bonchev–Trinajstić information content (AvgIpc) is 2.48. The van der Waals surface area contributed by atoms with Crippen LogP contribution >= 0.6 is 0 Å². The Morgan fingerprint density at radius 3 is 3.08 bits per heavy atom. The SMILES string of the molecule is COc1cccc2c1CCC2F. The van der Waals surface area contributed by atoms with Crippen molar-refractivity contribution in [3.63, 3.8) is 0 Å². The second kappa shape index (κ2) is 2.77. The van der Waals surface area contributed by atoms with Gasteiger partial charge in [0.05, 0.1) is 7.11 Å². The summed E-state index contributed by atoms with van der Waals surface area (Å²) in [5.41, 5.74) is 1.86. The summed E-state index contributed by atoms with van der Waals surface area (Å²) in [5.74, 6) is 0.827. The lowest BCUT2D eigenvalue weighted by atomic mass is 10.1. The van der Waals surface area contributed by atoms with Crippen molar-refractivity contribution < 1.29 is 9.13 Å². The molecule has 1 aromatic rings. The molecular weight excluding hydrogens is 155 g/mol. The van der Waals surface area contributed by atoms with Gasteiger partial charge in [-0.3, -0.25) is 0 Å². The van der Waals surface area contributed by atoms with E-state index in [1.165, 1.54) is 0 Å². The number of hydrogen-bond donors (Lipinski definition) is 0. The van der Waals surface area contributed by atoms with E-state index >= 15 is 0 Å². The van der Waals surface area contributed by atoms with E-state index in [1.54, 1.807) is 7.11 Å². The predicted octanol–water partition coefficient (Wildman–Crippen LogP) is 2.65. The lowest BCUT2D eigenvalue weighted by Crippen LogP contribution is -1.90. The Kier molecular flexibility index (Phi) is 1.75. The maximum atomic E-state index is 13.2. The first-order chi connectivity index (χ1) is 5.83. The molecule has 1 aliphatic carbocycles. The van der Waals surface area contributed by atoms with Crippen molar-refractivity contribution in [3.8, 4) is 5.75 Å². The van der Waals surface area contributed by atoms with E-state index in [4.69, 9.17) is 4.74 Å². The Morgan fingerprint density at radius 2 is 2.33 bits per heavy atom. The van der Waals surface area contributed by atoms with Gasteiger partial charge in [-0.25, -0.2) is 4.39 Å². The summed E-state index contributed by atoms with van der Waals surface area (Å²) in [4.78, 5) is 0. The van der Waals surface area contributed by atoms with Crippen LogP contribution < -0.4 is 4.74 Å². The van der Waals surface area contributed by atoms with E-state index < -0.39 is 6.17 Å². The number of fused-ring (bicyclic) bond motifs is 1. The molecule has 0 saturated carbocycles. The molecule has 1 unspecified atom stereocenters. The molecule has 0 amide bonds. The lowest BCUT2D eigenvalue weighted by molar-refractivity contribution is 0.344. The summed E-state index contributed by atoms with van der Waals surface area (Å²) < 4.78 is 18.3.